The molecule has 0 saturated heterocycles. The van der Waals surface area contributed by atoms with Crippen LogP contribution < -0.4 is 10.5 Å². The fraction of sp³-hybridized carbons (Fsp3) is 0.500. The number of nitrogen functional groups attached to an aromatic ring is 1. The number of rotatable bonds is 10. The van der Waals surface area contributed by atoms with E-state index >= 15 is 0 Å². The molecule has 0 spiro atoms. The Morgan fingerprint density at radius 1 is 1.05 bits per heavy atom. The Kier molecular flexibility index (Phi) is 8.15. The summed E-state index contributed by atoms with van der Waals surface area (Å²) in [4.78, 5) is 0. The van der Waals surface area contributed by atoms with E-state index in [4.69, 9.17) is 29.9 Å². The summed E-state index contributed by atoms with van der Waals surface area (Å²) in [6, 6.07) is 7.00. The van der Waals surface area contributed by atoms with E-state index in [2.05, 4.69) is 0 Å². The Balaban J connectivity index is 2.08. The minimum Gasteiger partial charge on any atom is -0.491 e. The van der Waals surface area contributed by atoms with Gasteiger partial charge in [0, 0.05) is 12.8 Å². The molecule has 110 valence electrons. The van der Waals surface area contributed by atoms with Gasteiger partial charge in [0.25, 0.3) is 0 Å². The molecule has 1 aromatic carbocycles. The molecule has 0 aliphatic heterocycles. The number of methoxy groups -OCH3 is 1. The summed E-state index contributed by atoms with van der Waals surface area (Å²) in [6.45, 7) is 3.06. The molecule has 0 aromatic heterocycles. The van der Waals surface area contributed by atoms with E-state index in [9.17, 15) is 0 Å². The molecule has 20 heavy (non-hydrogen) atoms. The van der Waals surface area contributed by atoms with Crippen LogP contribution in [0.25, 0.3) is 0 Å². The largest absolute Gasteiger partial charge is 0.491 e. The molecule has 2 N–H and O–H groups in total. The first-order valence-corrected chi connectivity index (χ1v) is 6.34. The van der Waals surface area contributed by atoms with Gasteiger partial charge in [0.15, 0.2) is 0 Å². The SMILES string of the molecule is COCCOCCOCCOc1ccc(N)c(C#N)c1. The van der Waals surface area contributed by atoms with Crippen LogP contribution in [0, 0.1) is 11.3 Å². The summed E-state index contributed by atoms with van der Waals surface area (Å²) in [5.41, 5.74) is 6.48. The molecule has 1 rings (SSSR count). The zero-order chi connectivity index (χ0) is 14.6. The summed E-state index contributed by atoms with van der Waals surface area (Å²) >= 11 is 0. The maximum atomic E-state index is 8.84. The van der Waals surface area contributed by atoms with E-state index < -0.39 is 0 Å². The predicted molar refractivity (Wildman–Crippen MR) is 74.6 cm³/mol. The van der Waals surface area contributed by atoms with E-state index in [1.807, 2.05) is 6.07 Å². The van der Waals surface area contributed by atoms with Gasteiger partial charge in [-0.2, -0.15) is 5.26 Å². The van der Waals surface area contributed by atoms with Gasteiger partial charge in [0.1, 0.15) is 18.4 Å². The van der Waals surface area contributed by atoms with Gasteiger partial charge in [-0.15, -0.1) is 0 Å². The molecule has 6 heteroatoms. The molecular weight excluding hydrogens is 260 g/mol. The van der Waals surface area contributed by atoms with Crippen LogP contribution in [-0.2, 0) is 14.2 Å². The van der Waals surface area contributed by atoms with E-state index in [-0.39, 0.29) is 0 Å². The molecule has 0 atom stereocenters. The third kappa shape index (κ3) is 6.38. The van der Waals surface area contributed by atoms with Crippen molar-refractivity contribution < 1.29 is 18.9 Å². The van der Waals surface area contributed by atoms with Crippen LogP contribution in [0.2, 0.25) is 0 Å². The van der Waals surface area contributed by atoms with Crippen LogP contribution in [-0.4, -0.2) is 46.8 Å². The predicted octanol–water partition coefficient (Wildman–Crippen LogP) is 1.20. The van der Waals surface area contributed by atoms with Crippen LogP contribution in [0.5, 0.6) is 5.75 Å². The highest BCUT2D eigenvalue weighted by atomic mass is 16.6. The molecule has 6 nitrogen and oxygen atoms in total. The molecule has 0 saturated carbocycles. The summed E-state index contributed by atoms with van der Waals surface area (Å²) < 4.78 is 20.9. The lowest BCUT2D eigenvalue weighted by Gasteiger charge is -2.08. The van der Waals surface area contributed by atoms with Crippen molar-refractivity contribution in [3.05, 3.63) is 23.8 Å². The van der Waals surface area contributed by atoms with E-state index in [1.165, 1.54) is 0 Å². The Hall–Kier alpha value is -1.81. The Morgan fingerprint density at radius 2 is 1.70 bits per heavy atom. The quantitative estimate of drug-likeness (QED) is 0.512. The van der Waals surface area contributed by atoms with Crippen LogP contribution in [0.4, 0.5) is 5.69 Å². The van der Waals surface area contributed by atoms with E-state index in [1.54, 1.807) is 25.3 Å². The molecule has 0 amide bonds. The molecule has 1 aromatic rings. The average molecular weight is 280 g/mol. The minimum absolute atomic E-state index is 0.410. The van der Waals surface area contributed by atoms with Gasteiger partial charge in [0.2, 0.25) is 0 Å². The number of nitrogens with two attached hydrogens (primary N) is 1. The lowest BCUT2D eigenvalue weighted by Crippen LogP contribution is -2.12. The first-order valence-electron chi connectivity index (χ1n) is 6.34. The highest BCUT2D eigenvalue weighted by molar-refractivity contribution is 5.56. The van der Waals surface area contributed by atoms with Gasteiger partial charge in [-0.25, -0.2) is 0 Å². The van der Waals surface area contributed by atoms with Crippen LogP contribution in [0.3, 0.4) is 0 Å². The summed E-state index contributed by atoms with van der Waals surface area (Å²) in [5.74, 6) is 0.607. The molecule has 0 radical (unpaired) electrons. The Bertz CT molecular complexity index is 432. The van der Waals surface area contributed by atoms with Crippen LogP contribution >= 0.6 is 0 Å². The maximum Gasteiger partial charge on any atom is 0.120 e. The number of hydrogen-bond acceptors (Lipinski definition) is 6. The average Bonchev–Trinajstić information content (AvgIpc) is 2.47. The molecule has 0 aliphatic carbocycles. The normalized spacial score (nSPS) is 10.2. The second-order valence-corrected chi connectivity index (χ2v) is 3.93. The monoisotopic (exact) mass is 280 g/mol. The third-order valence-electron chi connectivity index (χ3n) is 2.45. The summed E-state index contributed by atoms with van der Waals surface area (Å²) in [6.07, 6.45) is 0. The van der Waals surface area contributed by atoms with Crippen molar-refractivity contribution >= 4 is 5.69 Å². The highest BCUT2D eigenvalue weighted by Gasteiger charge is 2.01. The van der Waals surface area contributed by atoms with Gasteiger partial charge in [-0.3, -0.25) is 0 Å². The summed E-state index contributed by atoms with van der Waals surface area (Å²) in [5, 5.41) is 8.84. The van der Waals surface area contributed by atoms with Crippen molar-refractivity contribution in [1.82, 2.24) is 0 Å². The van der Waals surface area contributed by atoms with Crippen molar-refractivity contribution in [3.63, 3.8) is 0 Å². The van der Waals surface area contributed by atoms with Crippen molar-refractivity contribution in [3.8, 4) is 11.8 Å². The van der Waals surface area contributed by atoms with Gasteiger partial charge in [-0.1, -0.05) is 0 Å². The lowest BCUT2D eigenvalue weighted by molar-refractivity contribution is 0.0180. The van der Waals surface area contributed by atoms with Crippen molar-refractivity contribution in [2.24, 2.45) is 0 Å². The number of anilines is 1. The number of benzene rings is 1. The van der Waals surface area contributed by atoms with E-state index in [0.717, 1.165) is 0 Å². The minimum atomic E-state index is 0.410. The zero-order valence-corrected chi connectivity index (χ0v) is 11.6. The third-order valence-corrected chi connectivity index (χ3v) is 2.45. The smallest absolute Gasteiger partial charge is 0.120 e. The molecule has 0 aliphatic rings. The molecule has 0 heterocycles. The fourth-order valence-electron chi connectivity index (χ4n) is 1.40. The first kappa shape index (κ1) is 16.2. The zero-order valence-electron chi connectivity index (χ0n) is 11.6. The second-order valence-electron chi connectivity index (χ2n) is 3.93. The number of nitrogens with zero attached hydrogens (tertiary/aromatic N) is 1. The fourth-order valence-corrected chi connectivity index (χ4v) is 1.40. The Morgan fingerprint density at radius 3 is 2.35 bits per heavy atom. The molecule has 0 fully saturated rings. The number of hydrogen-bond donors (Lipinski definition) is 1. The Labute approximate surface area is 119 Å². The van der Waals surface area contributed by atoms with E-state index in [0.29, 0.717) is 56.6 Å². The lowest BCUT2D eigenvalue weighted by atomic mass is 10.2. The maximum absolute atomic E-state index is 8.84. The van der Waals surface area contributed by atoms with Crippen molar-refractivity contribution in [1.29, 1.82) is 5.26 Å². The molecule has 0 bridgehead atoms. The topological polar surface area (TPSA) is 86.7 Å². The van der Waals surface area contributed by atoms with Crippen molar-refractivity contribution in [2.45, 2.75) is 0 Å². The number of nitriles is 1. The van der Waals surface area contributed by atoms with Gasteiger partial charge in [0.05, 0.1) is 38.6 Å². The standard InChI is InChI=1S/C14H20N2O4/c1-17-4-5-18-6-7-19-8-9-20-13-2-3-14(16)12(10-13)11-15/h2-3,10H,4-9,16H2,1H3. The molecular formula is C14H20N2O4. The van der Waals surface area contributed by atoms with Gasteiger partial charge >= 0.3 is 0 Å². The summed E-state index contributed by atoms with van der Waals surface area (Å²) in [7, 11) is 1.63. The highest BCUT2D eigenvalue weighted by Crippen LogP contribution is 2.18. The van der Waals surface area contributed by atoms with Gasteiger partial charge < -0.3 is 24.7 Å². The first-order chi connectivity index (χ1) is 9.77. The van der Waals surface area contributed by atoms with Crippen LogP contribution in [0.15, 0.2) is 18.2 Å². The van der Waals surface area contributed by atoms with Gasteiger partial charge in [-0.05, 0) is 18.2 Å². The number of ether oxygens (including phenoxy) is 4. The second kappa shape index (κ2) is 10.0. The van der Waals surface area contributed by atoms with Crippen molar-refractivity contribution in [2.75, 3.05) is 52.5 Å². The van der Waals surface area contributed by atoms with Crippen LogP contribution in [0.1, 0.15) is 5.56 Å². The molecule has 0 unspecified atom stereocenters.